The van der Waals surface area contributed by atoms with Crippen LogP contribution in [0.3, 0.4) is 0 Å². The maximum Gasteiger partial charge on any atom is 0.387 e. The molecule has 2 aromatic rings. The lowest BCUT2D eigenvalue weighted by Gasteiger charge is -2.13. The first-order valence-electron chi connectivity index (χ1n) is 10.2. The van der Waals surface area contributed by atoms with Crippen LogP contribution in [0.5, 0.6) is 11.5 Å². The van der Waals surface area contributed by atoms with Crippen molar-refractivity contribution in [1.29, 1.82) is 0 Å². The highest BCUT2D eigenvalue weighted by Crippen LogP contribution is 2.29. The van der Waals surface area contributed by atoms with E-state index in [0.717, 1.165) is 22.8 Å². The summed E-state index contributed by atoms with van der Waals surface area (Å²) in [4.78, 5) is 35.9. The van der Waals surface area contributed by atoms with Gasteiger partial charge in [-0.2, -0.15) is 8.78 Å². The molecule has 0 aliphatic rings. The highest BCUT2D eigenvalue weighted by Gasteiger charge is 2.12. The fourth-order valence-electron chi connectivity index (χ4n) is 3.12. The van der Waals surface area contributed by atoms with Crippen molar-refractivity contribution in [2.75, 3.05) is 25.6 Å². The van der Waals surface area contributed by atoms with Crippen molar-refractivity contribution in [3.05, 3.63) is 58.7 Å². The molecule has 0 fully saturated rings. The van der Waals surface area contributed by atoms with E-state index in [1.807, 2.05) is 32.9 Å². The molecule has 34 heavy (non-hydrogen) atoms. The number of hydrogen-bond acceptors (Lipinski definition) is 6. The lowest BCUT2D eigenvalue weighted by molar-refractivity contribution is -0.143. The van der Waals surface area contributed by atoms with Crippen molar-refractivity contribution < 1.29 is 37.4 Å². The zero-order valence-corrected chi connectivity index (χ0v) is 19.2. The molecule has 0 aromatic heterocycles. The van der Waals surface area contributed by atoms with Crippen LogP contribution in [0.25, 0.3) is 6.08 Å². The summed E-state index contributed by atoms with van der Waals surface area (Å²) in [6.45, 7) is 1.85. The number of hydrogen-bond donors (Lipinski definition) is 2. The Morgan fingerprint density at radius 2 is 1.68 bits per heavy atom. The van der Waals surface area contributed by atoms with Crippen molar-refractivity contribution in [2.24, 2.45) is 0 Å². The minimum atomic E-state index is -3.00. The van der Waals surface area contributed by atoms with E-state index in [1.165, 1.54) is 31.4 Å². The van der Waals surface area contributed by atoms with Gasteiger partial charge in [0, 0.05) is 11.8 Å². The molecule has 0 unspecified atom stereocenters. The first kappa shape index (κ1) is 26.3. The van der Waals surface area contributed by atoms with Crippen LogP contribution in [0.4, 0.5) is 14.5 Å². The summed E-state index contributed by atoms with van der Waals surface area (Å²) in [5.74, 6) is -1.96. The van der Waals surface area contributed by atoms with Crippen LogP contribution >= 0.6 is 0 Å². The van der Waals surface area contributed by atoms with Gasteiger partial charge in [-0.1, -0.05) is 23.8 Å². The molecule has 0 atom stereocenters. The Morgan fingerprint density at radius 3 is 2.29 bits per heavy atom. The van der Waals surface area contributed by atoms with Crippen LogP contribution < -0.4 is 20.1 Å². The molecule has 2 amide bonds. The number of carbonyl (C=O) groups is 3. The number of nitrogens with one attached hydrogen (secondary N) is 2. The molecule has 0 saturated heterocycles. The molecule has 0 aliphatic heterocycles. The number of anilines is 1. The third kappa shape index (κ3) is 8.19. The molecule has 0 radical (unpaired) electrons. The van der Waals surface area contributed by atoms with Gasteiger partial charge in [0.2, 0.25) is 5.91 Å². The highest BCUT2D eigenvalue weighted by atomic mass is 19.3. The van der Waals surface area contributed by atoms with Gasteiger partial charge in [0.1, 0.15) is 0 Å². The Hall–Kier alpha value is -3.95. The first-order valence-corrected chi connectivity index (χ1v) is 10.2. The first-order chi connectivity index (χ1) is 16.1. The van der Waals surface area contributed by atoms with Crippen LogP contribution in [-0.4, -0.2) is 44.7 Å². The number of halogens is 2. The number of rotatable bonds is 10. The average Bonchev–Trinajstić information content (AvgIpc) is 2.77. The van der Waals surface area contributed by atoms with Gasteiger partial charge in [0.15, 0.2) is 18.1 Å². The van der Waals surface area contributed by atoms with Crippen LogP contribution in [0.1, 0.15) is 22.3 Å². The van der Waals surface area contributed by atoms with Crippen molar-refractivity contribution >= 4 is 29.5 Å². The Labute approximate surface area is 195 Å². The number of esters is 1. The quantitative estimate of drug-likeness (QED) is 0.402. The van der Waals surface area contributed by atoms with E-state index in [1.54, 1.807) is 0 Å². The lowest BCUT2D eigenvalue weighted by Crippen LogP contribution is -2.35. The van der Waals surface area contributed by atoms with Gasteiger partial charge in [-0.3, -0.25) is 9.59 Å². The van der Waals surface area contributed by atoms with Gasteiger partial charge in [0.05, 0.1) is 13.7 Å². The van der Waals surface area contributed by atoms with E-state index in [9.17, 15) is 23.2 Å². The maximum absolute atomic E-state index is 12.4. The number of benzene rings is 2. The molecular weight excluding hydrogens is 450 g/mol. The predicted molar refractivity (Wildman–Crippen MR) is 122 cm³/mol. The Bertz CT molecular complexity index is 1060. The molecule has 0 saturated carbocycles. The number of ether oxygens (including phenoxy) is 3. The lowest BCUT2D eigenvalue weighted by atomic mass is 10.1. The molecule has 10 heteroatoms. The molecule has 2 N–H and O–H groups in total. The molecule has 0 aliphatic carbocycles. The number of aryl methyl sites for hydroxylation is 3. The Morgan fingerprint density at radius 1 is 1.00 bits per heavy atom. The average molecular weight is 476 g/mol. The molecule has 0 spiro atoms. The summed E-state index contributed by atoms with van der Waals surface area (Å²) >= 11 is 0. The molecule has 2 rings (SSSR count). The van der Waals surface area contributed by atoms with E-state index in [2.05, 4.69) is 15.4 Å². The summed E-state index contributed by atoms with van der Waals surface area (Å²) in [5, 5.41) is 5.13. The van der Waals surface area contributed by atoms with E-state index < -0.39 is 31.0 Å². The van der Waals surface area contributed by atoms with Gasteiger partial charge in [-0.25, -0.2) is 4.79 Å². The minimum Gasteiger partial charge on any atom is -0.493 e. The van der Waals surface area contributed by atoms with Crippen molar-refractivity contribution in [3.8, 4) is 11.5 Å². The SMILES string of the molecule is COc1cc(/C=C/C(=O)OCC(=O)NCC(=O)Nc2c(C)cc(C)cc2C)ccc1OC(F)F. The van der Waals surface area contributed by atoms with Gasteiger partial charge >= 0.3 is 12.6 Å². The fourth-order valence-corrected chi connectivity index (χ4v) is 3.12. The second-order valence-electron chi connectivity index (χ2n) is 7.33. The number of carbonyl (C=O) groups excluding carboxylic acids is 3. The van der Waals surface area contributed by atoms with E-state index in [-0.39, 0.29) is 18.0 Å². The van der Waals surface area contributed by atoms with E-state index >= 15 is 0 Å². The Kier molecular flexibility index (Phi) is 9.54. The summed E-state index contributed by atoms with van der Waals surface area (Å²) in [5.41, 5.74) is 4.04. The predicted octanol–water partition coefficient (Wildman–Crippen LogP) is 3.53. The van der Waals surface area contributed by atoms with E-state index in [0.29, 0.717) is 11.3 Å². The molecular formula is C24H26F2N2O6. The third-order valence-electron chi connectivity index (χ3n) is 4.55. The summed E-state index contributed by atoms with van der Waals surface area (Å²) in [6.07, 6.45) is 2.42. The van der Waals surface area contributed by atoms with Crippen molar-refractivity contribution in [1.82, 2.24) is 5.32 Å². The fraction of sp³-hybridized carbons (Fsp3) is 0.292. The van der Waals surface area contributed by atoms with Gasteiger partial charge in [0.25, 0.3) is 5.91 Å². The maximum atomic E-state index is 12.4. The number of alkyl halides is 2. The molecule has 8 nitrogen and oxygen atoms in total. The molecule has 0 heterocycles. The topological polar surface area (TPSA) is 103 Å². The second kappa shape index (κ2) is 12.3. The van der Waals surface area contributed by atoms with E-state index in [4.69, 9.17) is 9.47 Å². The molecule has 0 bridgehead atoms. The second-order valence-corrected chi connectivity index (χ2v) is 7.33. The monoisotopic (exact) mass is 476 g/mol. The molecule has 182 valence electrons. The normalized spacial score (nSPS) is 10.8. The third-order valence-corrected chi connectivity index (χ3v) is 4.55. The van der Waals surface area contributed by atoms with Crippen LogP contribution in [0.15, 0.2) is 36.4 Å². The summed E-state index contributed by atoms with van der Waals surface area (Å²) in [7, 11) is 1.29. The van der Waals surface area contributed by atoms with Gasteiger partial charge in [-0.15, -0.1) is 0 Å². The zero-order chi connectivity index (χ0) is 25.3. The zero-order valence-electron chi connectivity index (χ0n) is 19.2. The minimum absolute atomic E-state index is 0.0597. The number of amides is 2. The smallest absolute Gasteiger partial charge is 0.387 e. The summed E-state index contributed by atoms with van der Waals surface area (Å²) < 4.78 is 38.9. The Balaban J connectivity index is 1.80. The number of methoxy groups -OCH3 is 1. The standard InChI is InChI=1S/C24H26F2N2O6/c1-14-9-15(2)23(16(3)10-14)28-20(29)12-27-21(30)13-33-22(31)8-6-17-5-7-18(34-24(25)26)19(11-17)32-4/h5-11,24H,12-13H2,1-4H3,(H,27,30)(H,28,29)/b8-6+. The van der Waals surface area contributed by atoms with Crippen molar-refractivity contribution in [2.45, 2.75) is 27.4 Å². The van der Waals surface area contributed by atoms with Gasteiger partial charge < -0.3 is 24.8 Å². The van der Waals surface area contributed by atoms with Crippen LogP contribution in [0, 0.1) is 20.8 Å². The molecule has 2 aromatic carbocycles. The van der Waals surface area contributed by atoms with Gasteiger partial charge in [-0.05, 0) is 55.7 Å². The van der Waals surface area contributed by atoms with Crippen LogP contribution in [0.2, 0.25) is 0 Å². The van der Waals surface area contributed by atoms with Crippen molar-refractivity contribution in [3.63, 3.8) is 0 Å². The van der Waals surface area contributed by atoms with Crippen LogP contribution in [-0.2, 0) is 19.1 Å². The largest absolute Gasteiger partial charge is 0.493 e. The highest BCUT2D eigenvalue weighted by molar-refractivity contribution is 5.96. The summed E-state index contributed by atoms with van der Waals surface area (Å²) in [6, 6.07) is 7.98.